The summed E-state index contributed by atoms with van der Waals surface area (Å²) in [5.41, 5.74) is 0.246. The van der Waals surface area contributed by atoms with E-state index in [1.807, 2.05) is 0 Å². The number of rotatable bonds is 9. The third-order valence-corrected chi connectivity index (χ3v) is 7.68. The van der Waals surface area contributed by atoms with Gasteiger partial charge in [0.25, 0.3) is 0 Å². The van der Waals surface area contributed by atoms with Crippen molar-refractivity contribution in [2.45, 2.75) is 103 Å². The summed E-state index contributed by atoms with van der Waals surface area (Å²) in [5.74, 6) is 1.05. The van der Waals surface area contributed by atoms with Crippen LogP contribution >= 0.6 is 0 Å². The van der Waals surface area contributed by atoms with Crippen molar-refractivity contribution in [1.82, 2.24) is 0 Å². The van der Waals surface area contributed by atoms with E-state index in [2.05, 4.69) is 19.1 Å². The molecule has 0 bridgehead atoms. The van der Waals surface area contributed by atoms with E-state index in [0.717, 1.165) is 37.5 Å². The molecule has 2 aliphatic carbocycles. The van der Waals surface area contributed by atoms with E-state index < -0.39 is 17.2 Å². The van der Waals surface area contributed by atoms with Crippen LogP contribution in [0.5, 0.6) is 0 Å². The first kappa shape index (κ1) is 24.0. The summed E-state index contributed by atoms with van der Waals surface area (Å²) in [5, 5.41) is 8.84. The van der Waals surface area contributed by atoms with Gasteiger partial charge in [0.15, 0.2) is 0 Å². The van der Waals surface area contributed by atoms with Gasteiger partial charge in [0.2, 0.25) is 0 Å². The zero-order valence-corrected chi connectivity index (χ0v) is 19.2. The molecule has 0 unspecified atom stereocenters. The van der Waals surface area contributed by atoms with Gasteiger partial charge in [0.05, 0.1) is 0 Å². The Morgan fingerprint density at radius 1 is 0.839 bits per heavy atom. The number of unbranched alkanes of at least 4 members (excludes halogenated alkanes) is 4. The quantitative estimate of drug-likeness (QED) is 0.285. The van der Waals surface area contributed by atoms with Gasteiger partial charge in [-0.3, -0.25) is 0 Å². The normalized spacial score (nSPS) is 26.8. The second-order valence-corrected chi connectivity index (χ2v) is 9.95. The Bertz CT molecular complexity index is 724. The molecule has 0 heterocycles. The van der Waals surface area contributed by atoms with Crippen LogP contribution in [0.25, 0.3) is 0 Å². The predicted octanol–water partition coefficient (Wildman–Crippen LogP) is 8.83. The SMILES string of the molecule is CCCCCCC[C@H]1CC[C@H](/C=C/[C@H]2CC[C@H](c3cc(F)c(C#N)c(F)c3)CC2)CC1. The van der Waals surface area contributed by atoms with Crippen LogP contribution in [0.2, 0.25) is 0 Å². The van der Waals surface area contributed by atoms with Crippen molar-refractivity contribution in [3.05, 3.63) is 47.0 Å². The second kappa shape index (κ2) is 12.4. The summed E-state index contributed by atoms with van der Waals surface area (Å²) >= 11 is 0. The van der Waals surface area contributed by atoms with E-state index in [0.29, 0.717) is 11.5 Å². The molecule has 0 N–H and O–H groups in total. The number of allylic oxidation sites excluding steroid dienone is 2. The molecule has 3 rings (SSSR count). The van der Waals surface area contributed by atoms with Gasteiger partial charge < -0.3 is 0 Å². The molecule has 0 atom stereocenters. The van der Waals surface area contributed by atoms with E-state index in [1.165, 1.54) is 76.3 Å². The molecule has 0 saturated heterocycles. The van der Waals surface area contributed by atoms with Gasteiger partial charge >= 0.3 is 0 Å². The first-order chi connectivity index (χ1) is 15.1. The minimum Gasteiger partial charge on any atom is -0.205 e. The number of halogens is 2. The molecule has 31 heavy (non-hydrogen) atoms. The molecule has 170 valence electrons. The number of benzene rings is 1. The summed E-state index contributed by atoms with van der Waals surface area (Å²) in [6.07, 6.45) is 22.9. The monoisotopic (exact) mass is 427 g/mol. The zero-order valence-electron chi connectivity index (χ0n) is 19.2. The van der Waals surface area contributed by atoms with Crippen molar-refractivity contribution in [2.24, 2.45) is 17.8 Å². The van der Waals surface area contributed by atoms with Crippen molar-refractivity contribution in [2.75, 3.05) is 0 Å². The predicted molar refractivity (Wildman–Crippen MR) is 124 cm³/mol. The molecule has 1 aromatic rings. The number of nitrogens with zero attached hydrogens (tertiary/aromatic N) is 1. The number of hydrogen-bond acceptors (Lipinski definition) is 1. The van der Waals surface area contributed by atoms with Gasteiger partial charge in [0, 0.05) is 0 Å². The average Bonchev–Trinajstić information content (AvgIpc) is 2.78. The molecule has 3 heteroatoms. The van der Waals surface area contributed by atoms with Crippen LogP contribution in [0.1, 0.15) is 114 Å². The van der Waals surface area contributed by atoms with Gasteiger partial charge in [-0.05, 0) is 92.7 Å². The Labute approximate surface area is 187 Å². The summed E-state index contributed by atoms with van der Waals surface area (Å²) in [6.45, 7) is 2.28. The van der Waals surface area contributed by atoms with Crippen molar-refractivity contribution in [3.63, 3.8) is 0 Å². The highest BCUT2D eigenvalue weighted by atomic mass is 19.1. The third kappa shape index (κ3) is 7.16. The third-order valence-electron chi connectivity index (χ3n) is 7.68. The van der Waals surface area contributed by atoms with Crippen LogP contribution in [0.3, 0.4) is 0 Å². The van der Waals surface area contributed by atoms with Crippen molar-refractivity contribution < 1.29 is 8.78 Å². The Balaban J connectivity index is 1.37. The minimum atomic E-state index is -0.726. The molecular formula is C28H39F2N. The molecule has 1 nitrogen and oxygen atoms in total. The largest absolute Gasteiger partial charge is 0.205 e. The lowest BCUT2D eigenvalue weighted by Crippen LogP contribution is -2.15. The molecule has 2 fully saturated rings. The fourth-order valence-electron chi connectivity index (χ4n) is 5.60. The van der Waals surface area contributed by atoms with E-state index in [1.54, 1.807) is 6.07 Å². The van der Waals surface area contributed by atoms with Crippen LogP contribution in [0.15, 0.2) is 24.3 Å². The van der Waals surface area contributed by atoms with Gasteiger partial charge in [0.1, 0.15) is 23.3 Å². The topological polar surface area (TPSA) is 23.8 Å². The highest BCUT2D eigenvalue weighted by molar-refractivity contribution is 5.36. The fourth-order valence-corrected chi connectivity index (χ4v) is 5.60. The zero-order chi connectivity index (χ0) is 22.1. The maximum atomic E-state index is 13.9. The Morgan fingerprint density at radius 2 is 1.39 bits per heavy atom. The fraction of sp³-hybridized carbons (Fsp3) is 0.679. The van der Waals surface area contributed by atoms with Gasteiger partial charge in [-0.2, -0.15) is 5.26 Å². The standard InChI is InChI=1S/C28H39F2N/c1-2-3-4-5-6-7-21-8-10-22(11-9-21)12-13-23-14-16-24(17-15-23)25-18-27(29)26(20-31)28(30)19-25/h12-13,18-19,21-24H,2-11,14-17H2,1H3/b13-12+/t21-,22-,23-,24-. The summed E-state index contributed by atoms with van der Waals surface area (Å²) in [4.78, 5) is 0. The molecular weight excluding hydrogens is 388 g/mol. The minimum absolute atomic E-state index is 0.203. The molecule has 0 amide bonds. The molecule has 1 aromatic carbocycles. The van der Waals surface area contributed by atoms with Crippen LogP contribution in [-0.4, -0.2) is 0 Å². The van der Waals surface area contributed by atoms with Crippen LogP contribution in [-0.2, 0) is 0 Å². The maximum absolute atomic E-state index is 13.9. The first-order valence-electron chi connectivity index (χ1n) is 12.7. The van der Waals surface area contributed by atoms with E-state index in [4.69, 9.17) is 5.26 Å². The molecule has 2 aliphatic rings. The Morgan fingerprint density at radius 3 is 1.94 bits per heavy atom. The molecule has 0 spiro atoms. The lowest BCUT2D eigenvalue weighted by atomic mass is 9.76. The highest BCUT2D eigenvalue weighted by Crippen LogP contribution is 2.38. The first-order valence-corrected chi connectivity index (χ1v) is 12.7. The van der Waals surface area contributed by atoms with Crippen LogP contribution in [0.4, 0.5) is 8.78 Å². The Kier molecular flexibility index (Phi) is 9.56. The second-order valence-electron chi connectivity index (χ2n) is 9.95. The van der Waals surface area contributed by atoms with Crippen molar-refractivity contribution in [1.29, 1.82) is 5.26 Å². The van der Waals surface area contributed by atoms with Gasteiger partial charge in [-0.15, -0.1) is 0 Å². The van der Waals surface area contributed by atoms with E-state index >= 15 is 0 Å². The van der Waals surface area contributed by atoms with Crippen molar-refractivity contribution >= 4 is 0 Å². The molecule has 0 aromatic heterocycles. The van der Waals surface area contributed by atoms with E-state index in [9.17, 15) is 8.78 Å². The molecule has 0 aliphatic heterocycles. The average molecular weight is 428 g/mol. The Hall–Kier alpha value is -1.69. The molecule has 0 radical (unpaired) electrons. The van der Waals surface area contributed by atoms with Crippen molar-refractivity contribution in [3.8, 4) is 6.07 Å². The lowest BCUT2D eigenvalue weighted by molar-refractivity contribution is 0.287. The molecule has 2 saturated carbocycles. The van der Waals surface area contributed by atoms with Crippen LogP contribution in [0, 0.1) is 40.7 Å². The van der Waals surface area contributed by atoms with Gasteiger partial charge in [-0.25, -0.2) is 8.78 Å². The number of nitriles is 1. The van der Waals surface area contributed by atoms with Crippen LogP contribution < -0.4 is 0 Å². The lowest BCUT2D eigenvalue weighted by Gasteiger charge is -2.29. The summed E-state index contributed by atoms with van der Waals surface area (Å²) < 4.78 is 27.9. The summed E-state index contributed by atoms with van der Waals surface area (Å²) in [6, 6.07) is 4.34. The van der Waals surface area contributed by atoms with Gasteiger partial charge in [-0.1, -0.05) is 57.6 Å². The number of hydrogen-bond donors (Lipinski definition) is 0. The van der Waals surface area contributed by atoms with E-state index in [-0.39, 0.29) is 5.92 Å². The smallest absolute Gasteiger partial charge is 0.144 e. The highest BCUT2D eigenvalue weighted by Gasteiger charge is 2.24. The maximum Gasteiger partial charge on any atom is 0.144 e. The summed E-state index contributed by atoms with van der Waals surface area (Å²) in [7, 11) is 0.